The molecule has 1 amide bonds. The van der Waals surface area contributed by atoms with E-state index in [0.717, 1.165) is 5.69 Å². The molecule has 7 heteroatoms. The topological polar surface area (TPSA) is 76.2 Å². The molecule has 110 valence electrons. The molecule has 0 spiro atoms. The van der Waals surface area contributed by atoms with E-state index in [1.165, 1.54) is 0 Å². The summed E-state index contributed by atoms with van der Waals surface area (Å²) in [6.45, 7) is 4.19. The third-order valence-electron chi connectivity index (χ3n) is 3.15. The zero-order valence-electron chi connectivity index (χ0n) is 11.6. The average Bonchev–Trinajstić information content (AvgIpc) is 3.07. The Hall–Kier alpha value is -2.21. The highest BCUT2D eigenvalue weighted by Gasteiger charge is 2.21. The molecule has 1 aliphatic rings. The maximum atomic E-state index is 12.2. The summed E-state index contributed by atoms with van der Waals surface area (Å²) in [6, 6.07) is 4.94. The number of H-pyrrole nitrogens is 1. The Bertz CT molecular complexity index is 697. The van der Waals surface area contributed by atoms with Gasteiger partial charge in [-0.1, -0.05) is 25.4 Å². The summed E-state index contributed by atoms with van der Waals surface area (Å²) in [7, 11) is 0. The first-order valence-electron chi connectivity index (χ1n) is 6.50. The van der Waals surface area contributed by atoms with Gasteiger partial charge in [-0.15, -0.1) is 0 Å². The smallest absolute Gasteiger partial charge is 0.257 e. The van der Waals surface area contributed by atoms with Crippen LogP contribution in [0, 0.1) is 0 Å². The van der Waals surface area contributed by atoms with Crippen molar-refractivity contribution in [3.05, 3.63) is 34.5 Å². The van der Waals surface area contributed by atoms with E-state index in [2.05, 4.69) is 15.5 Å². The summed E-state index contributed by atoms with van der Waals surface area (Å²) in [5.74, 6) is 1.41. The van der Waals surface area contributed by atoms with E-state index in [0.29, 0.717) is 33.8 Å². The van der Waals surface area contributed by atoms with Gasteiger partial charge in [-0.05, 0) is 18.1 Å². The van der Waals surface area contributed by atoms with Gasteiger partial charge in [0.1, 0.15) is 0 Å². The number of aromatic nitrogens is 2. The van der Waals surface area contributed by atoms with Crippen LogP contribution in [-0.2, 0) is 0 Å². The molecule has 1 aromatic carbocycles. The maximum Gasteiger partial charge on any atom is 0.257 e. The molecule has 1 aliphatic heterocycles. The monoisotopic (exact) mass is 307 g/mol. The maximum absolute atomic E-state index is 12.2. The molecule has 0 bridgehead atoms. The fourth-order valence-electron chi connectivity index (χ4n) is 1.98. The second kappa shape index (κ2) is 5.29. The number of anilines is 1. The Morgan fingerprint density at radius 3 is 2.90 bits per heavy atom. The van der Waals surface area contributed by atoms with Crippen molar-refractivity contribution in [2.45, 2.75) is 19.8 Å². The van der Waals surface area contributed by atoms with Gasteiger partial charge in [-0.3, -0.25) is 9.89 Å². The number of hydrogen-bond donors (Lipinski definition) is 2. The third kappa shape index (κ3) is 2.67. The second-order valence-corrected chi connectivity index (χ2v) is 5.42. The predicted molar refractivity (Wildman–Crippen MR) is 78.2 cm³/mol. The van der Waals surface area contributed by atoms with Crippen LogP contribution in [0.5, 0.6) is 11.5 Å². The summed E-state index contributed by atoms with van der Waals surface area (Å²) in [4.78, 5) is 12.2. The first-order valence-corrected chi connectivity index (χ1v) is 6.88. The summed E-state index contributed by atoms with van der Waals surface area (Å²) in [5.41, 5.74) is 1.34. The molecule has 0 unspecified atom stereocenters. The van der Waals surface area contributed by atoms with Gasteiger partial charge in [0.25, 0.3) is 5.91 Å². The van der Waals surface area contributed by atoms with Crippen LogP contribution in [0.2, 0.25) is 5.02 Å². The van der Waals surface area contributed by atoms with E-state index in [1.54, 1.807) is 18.2 Å². The zero-order chi connectivity index (χ0) is 15.0. The Kier molecular flexibility index (Phi) is 3.47. The third-order valence-corrected chi connectivity index (χ3v) is 3.43. The number of rotatable bonds is 3. The lowest BCUT2D eigenvalue weighted by Crippen LogP contribution is -2.12. The number of halogens is 1. The molecule has 1 aromatic heterocycles. The molecule has 0 atom stereocenters. The van der Waals surface area contributed by atoms with E-state index < -0.39 is 0 Å². The molecular weight excluding hydrogens is 294 g/mol. The van der Waals surface area contributed by atoms with Gasteiger partial charge < -0.3 is 14.8 Å². The van der Waals surface area contributed by atoms with E-state index >= 15 is 0 Å². The van der Waals surface area contributed by atoms with Gasteiger partial charge in [-0.25, -0.2) is 0 Å². The number of fused-ring (bicyclic) bond motifs is 1. The van der Waals surface area contributed by atoms with E-state index in [1.807, 2.05) is 13.8 Å². The van der Waals surface area contributed by atoms with Gasteiger partial charge in [-0.2, -0.15) is 5.10 Å². The Morgan fingerprint density at radius 1 is 1.38 bits per heavy atom. The first-order chi connectivity index (χ1) is 10.0. The molecule has 2 N–H and O–H groups in total. The van der Waals surface area contributed by atoms with Crippen molar-refractivity contribution in [2.24, 2.45) is 0 Å². The van der Waals surface area contributed by atoms with Crippen LogP contribution < -0.4 is 14.8 Å². The normalized spacial score (nSPS) is 12.8. The molecule has 0 aliphatic carbocycles. The van der Waals surface area contributed by atoms with Crippen molar-refractivity contribution in [3.8, 4) is 11.5 Å². The van der Waals surface area contributed by atoms with E-state index in [-0.39, 0.29) is 12.7 Å². The quantitative estimate of drug-likeness (QED) is 0.913. The van der Waals surface area contributed by atoms with Gasteiger partial charge in [0.2, 0.25) is 6.79 Å². The number of benzene rings is 1. The Morgan fingerprint density at radius 2 is 2.19 bits per heavy atom. The van der Waals surface area contributed by atoms with Gasteiger partial charge >= 0.3 is 0 Å². The SMILES string of the molecule is CC(C)c1cc(NC(=O)c2cc(Cl)c3c(c2)OCO3)n[nH]1. The van der Waals surface area contributed by atoms with Gasteiger partial charge in [0.15, 0.2) is 17.3 Å². The second-order valence-electron chi connectivity index (χ2n) is 5.01. The number of nitrogens with zero attached hydrogens (tertiary/aromatic N) is 1. The lowest BCUT2D eigenvalue weighted by atomic mass is 10.1. The largest absolute Gasteiger partial charge is 0.454 e. The van der Waals surface area contributed by atoms with Crippen molar-refractivity contribution in [2.75, 3.05) is 12.1 Å². The summed E-state index contributed by atoms with van der Waals surface area (Å²) < 4.78 is 10.5. The molecule has 3 rings (SSSR count). The van der Waals surface area contributed by atoms with E-state index in [4.69, 9.17) is 21.1 Å². The molecular formula is C14H14ClN3O3. The highest BCUT2D eigenvalue weighted by molar-refractivity contribution is 6.32. The minimum atomic E-state index is -0.308. The highest BCUT2D eigenvalue weighted by atomic mass is 35.5. The lowest BCUT2D eigenvalue weighted by Gasteiger charge is -2.05. The fraction of sp³-hybridized carbons (Fsp3) is 0.286. The molecule has 6 nitrogen and oxygen atoms in total. The molecule has 0 saturated heterocycles. The van der Waals surface area contributed by atoms with E-state index in [9.17, 15) is 4.79 Å². The molecule has 2 heterocycles. The van der Waals surface area contributed by atoms with Crippen LogP contribution in [-0.4, -0.2) is 22.9 Å². The van der Waals surface area contributed by atoms with Crippen molar-refractivity contribution in [1.82, 2.24) is 10.2 Å². The number of hydrogen-bond acceptors (Lipinski definition) is 4. The van der Waals surface area contributed by atoms with Crippen LogP contribution in [0.4, 0.5) is 5.82 Å². The number of nitrogens with one attached hydrogen (secondary N) is 2. The van der Waals surface area contributed by atoms with Crippen LogP contribution in [0.1, 0.15) is 35.8 Å². The van der Waals surface area contributed by atoms with Crippen LogP contribution in [0.15, 0.2) is 18.2 Å². The minimum Gasteiger partial charge on any atom is -0.454 e. The number of carbonyl (C=O) groups excluding carboxylic acids is 1. The molecule has 0 saturated carbocycles. The summed E-state index contributed by atoms with van der Waals surface area (Å²) in [6.07, 6.45) is 0. The Balaban J connectivity index is 1.80. The van der Waals surface area contributed by atoms with Crippen molar-refractivity contribution in [1.29, 1.82) is 0 Å². The lowest BCUT2D eigenvalue weighted by molar-refractivity contribution is 0.102. The molecule has 21 heavy (non-hydrogen) atoms. The van der Waals surface area contributed by atoms with Crippen LogP contribution in [0.25, 0.3) is 0 Å². The van der Waals surface area contributed by atoms with Crippen LogP contribution >= 0.6 is 11.6 Å². The summed E-state index contributed by atoms with van der Waals surface area (Å²) in [5, 5.41) is 9.99. The molecule has 0 fully saturated rings. The van der Waals surface area contributed by atoms with Crippen LogP contribution in [0.3, 0.4) is 0 Å². The minimum absolute atomic E-state index is 0.108. The van der Waals surface area contributed by atoms with Gasteiger partial charge in [0, 0.05) is 17.3 Å². The number of carbonyl (C=O) groups is 1. The predicted octanol–water partition coefficient (Wildman–Crippen LogP) is 3.17. The summed E-state index contributed by atoms with van der Waals surface area (Å²) >= 11 is 6.06. The van der Waals surface area contributed by atoms with Crippen molar-refractivity contribution in [3.63, 3.8) is 0 Å². The van der Waals surface area contributed by atoms with Crippen molar-refractivity contribution >= 4 is 23.3 Å². The fourth-order valence-corrected chi connectivity index (χ4v) is 2.25. The molecule has 0 radical (unpaired) electrons. The first kappa shape index (κ1) is 13.8. The number of ether oxygens (including phenoxy) is 2. The average molecular weight is 308 g/mol. The standard InChI is InChI=1S/C14H14ClN3O3/c1-7(2)10-5-12(18-17-10)16-14(19)8-3-9(15)13-11(4-8)20-6-21-13/h3-5,7H,6H2,1-2H3,(H2,16,17,18,19). The number of amides is 1. The number of aromatic amines is 1. The Labute approximate surface area is 126 Å². The highest BCUT2D eigenvalue weighted by Crippen LogP contribution is 2.39. The molecule has 2 aromatic rings. The van der Waals surface area contributed by atoms with Gasteiger partial charge in [0.05, 0.1) is 5.02 Å². The zero-order valence-corrected chi connectivity index (χ0v) is 12.3. The van der Waals surface area contributed by atoms with Crippen molar-refractivity contribution < 1.29 is 14.3 Å².